The van der Waals surface area contributed by atoms with Gasteiger partial charge in [0.2, 0.25) is 0 Å². The second kappa shape index (κ2) is 6.89. The van der Waals surface area contributed by atoms with Crippen LogP contribution in [0.3, 0.4) is 0 Å². The van der Waals surface area contributed by atoms with Crippen LogP contribution in [-0.4, -0.2) is 20.3 Å². The van der Waals surface area contributed by atoms with Crippen molar-refractivity contribution in [2.45, 2.75) is 20.0 Å². The number of hydrogen-bond donors (Lipinski definition) is 1. The number of halogens is 1. The molecule has 0 aliphatic rings. The molecule has 0 saturated heterocycles. The average Bonchev–Trinajstić information content (AvgIpc) is 2.33. The van der Waals surface area contributed by atoms with Gasteiger partial charge in [-0.05, 0) is 31.5 Å². The fraction of sp³-hybridized carbons (Fsp3) is 0.500. The topological polar surface area (TPSA) is 70.8 Å². The van der Waals surface area contributed by atoms with Crippen LogP contribution >= 0.6 is 7.60 Å². The summed E-state index contributed by atoms with van der Waals surface area (Å²) in [6, 6.07) is 2.74. The molecule has 5 nitrogen and oxygen atoms in total. The van der Waals surface area contributed by atoms with E-state index in [2.05, 4.69) is 0 Å². The first kappa shape index (κ1) is 16.0. The molecule has 0 bridgehead atoms. The molecule has 1 rings (SSSR count). The van der Waals surface area contributed by atoms with Gasteiger partial charge in [-0.1, -0.05) is 0 Å². The molecule has 0 atom stereocenters. The largest absolute Gasteiger partial charge is 0.494 e. The smallest absolute Gasteiger partial charge is 0.335 e. The lowest BCUT2D eigenvalue weighted by Gasteiger charge is -2.17. The van der Waals surface area contributed by atoms with Gasteiger partial charge in [0.25, 0.3) is 0 Å². The molecule has 1 aromatic carbocycles. The molecule has 0 aromatic heterocycles. The summed E-state index contributed by atoms with van der Waals surface area (Å²) >= 11 is 0. The summed E-state index contributed by atoms with van der Waals surface area (Å²) in [4.78, 5) is 0. The van der Waals surface area contributed by atoms with E-state index in [0.717, 1.165) is 0 Å². The van der Waals surface area contributed by atoms with Gasteiger partial charge in [0.05, 0.1) is 26.5 Å². The van der Waals surface area contributed by atoms with Crippen LogP contribution < -0.4 is 10.5 Å². The fourth-order valence-corrected chi connectivity index (χ4v) is 3.33. The summed E-state index contributed by atoms with van der Waals surface area (Å²) in [5.41, 5.74) is 5.89. The fourth-order valence-electron chi connectivity index (χ4n) is 1.65. The van der Waals surface area contributed by atoms with Crippen LogP contribution in [0.5, 0.6) is 5.75 Å². The summed E-state index contributed by atoms with van der Waals surface area (Å²) in [6.07, 6.45) is -0.0256. The molecule has 0 heterocycles. The zero-order valence-corrected chi connectivity index (χ0v) is 12.2. The van der Waals surface area contributed by atoms with Crippen molar-refractivity contribution in [2.24, 2.45) is 0 Å². The monoisotopic (exact) mass is 291 g/mol. The summed E-state index contributed by atoms with van der Waals surface area (Å²) in [5, 5.41) is 0. The second-order valence-corrected chi connectivity index (χ2v) is 5.85. The minimum Gasteiger partial charge on any atom is -0.494 e. The van der Waals surface area contributed by atoms with E-state index in [9.17, 15) is 8.96 Å². The van der Waals surface area contributed by atoms with Crippen LogP contribution in [-0.2, 0) is 19.8 Å². The highest BCUT2D eigenvalue weighted by atomic mass is 31.2. The molecule has 19 heavy (non-hydrogen) atoms. The highest BCUT2D eigenvalue weighted by molar-refractivity contribution is 7.53. The Hall–Kier alpha value is -1.10. The number of hydrogen-bond acceptors (Lipinski definition) is 5. The molecule has 0 amide bonds. The van der Waals surface area contributed by atoms with Crippen molar-refractivity contribution in [3.63, 3.8) is 0 Å². The van der Waals surface area contributed by atoms with Gasteiger partial charge >= 0.3 is 7.60 Å². The van der Waals surface area contributed by atoms with Crippen LogP contribution in [0.15, 0.2) is 12.1 Å². The third-order valence-corrected chi connectivity index (χ3v) is 4.45. The lowest BCUT2D eigenvalue weighted by molar-refractivity contribution is 0.219. The summed E-state index contributed by atoms with van der Waals surface area (Å²) in [5.74, 6) is -0.413. The van der Waals surface area contributed by atoms with Crippen molar-refractivity contribution in [2.75, 3.05) is 26.1 Å². The quantitative estimate of drug-likeness (QED) is 0.617. The van der Waals surface area contributed by atoms with Crippen molar-refractivity contribution in [3.8, 4) is 5.75 Å². The van der Waals surface area contributed by atoms with Crippen molar-refractivity contribution >= 4 is 13.3 Å². The SMILES string of the molecule is CCOP(=O)(Cc1cc(F)c(N)c(OC)c1)OCC. The number of nitrogen functional groups attached to an aromatic ring is 1. The van der Waals surface area contributed by atoms with E-state index in [-0.39, 0.29) is 30.8 Å². The predicted molar refractivity (Wildman–Crippen MR) is 71.9 cm³/mol. The second-order valence-electron chi connectivity index (χ2n) is 3.80. The van der Waals surface area contributed by atoms with Gasteiger partial charge in [-0.3, -0.25) is 4.57 Å². The van der Waals surface area contributed by atoms with Gasteiger partial charge < -0.3 is 19.5 Å². The van der Waals surface area contributed by atoms with Crippen LogP contribution in [0.4, 0.5) is 10.1 Å². The van der Waals surface area contributed by atoms with Gasteiger partial charge in [-0.15, -0.1) is 0 Å². The molecule has 0 unspecified atom stereocenters. The maximum Gasteiger partial charge on any atom is 0.335 e. The van der Waals surface area contributed by atoms with E-state index >= 15 is 0 Å². The predicted octanol–water partition coefficient (Wildman–Crippen LogP) is 3.18. The van der Waals surface area contributed by atoms with Crippen molar-refractivity contribution < 1.29 is 22.7 Å². The number of rotatable bonds is 7. The Bertz CT molecular complexity index is 471. The Kier molecular flexibility index (Phi) is 5.79. The lowest BCUT2D eigenvalue weighted by atomic mass is 10.2. The summed E-state index contributed by atoms with van der Waals surface area (Å²) < 4.78 is 41.2. The molecule has 1 aromatic rings. The third kappa shape index (κ3) is 4.20. The normalized spacial score (nSPS) is 11.6. The molecule has 7 heteroatoms. The first-order valence-electron chi connectivity index (χ1n) is 5.95. The highest BCUT2D eigenvalue weighted by Gasteiger charge is 2.25. The molecular formula is C12H19FNO4P. The van der Waals surface area contributed by atoms with E-state index in [1.165, 1.54) is 19.2 Å². The Labute approximate surface area is 112 Å². The van der Waals surface area contributed by atoms with Crippen LogP contribution in [0.2, 0.25) is 0 Å². The number of benzene rings is 1. The van der Waals surface area contributed by atoms with E-state index in [1.54, 1.807) is 13.8 Å². The van der Waals surface area contributed by atoms with Crippen LogP contribution in [0.25, 0.3) is 0 Å². The molecule has 108 valence electrons. The zero-order chi connectivity index (χ0) is 14.5. The van der Waals surface area contributed by atoms with Gasteiger partial charge in [0.1, 0.15) is 17.3 Å². The lowest BCUT2D eigenvalue weighted by Crippen LogP contribution is -2.02. The molecule has 0 spiro atoms. The van der Waals surface area contributed by atoms with Crippen LogP contribution in [0, 0.1) is 5.82 Å². The molecule has 0 radical (unpaired) electrons. The standard InChI is InChI=1S/C12H19FNO4P/c1-4-17-19(15,18-5-2)8-9-6-10(13)12(14)11(7-9)16-3/h6-7H,4-5,8,14H2,1-3H3. The zero-order valence-electron chi connectivity index (χ0n) is 11.3. The average molecular weight is 291 g/mol. The van der Waals surface area contributed by atoms with Gasteiger partial charge in [0.15, 0.2) is 0 Å². The number of nitrogens with two attached hydrogens (primary N) is 1. The Morgan fingerprint density at radius 3 is 2.32 bits per heavy atom. The first-order chi connectivity index (χ1) is 8.95. The minimum absolute atomic E-state index is 0.0256. The molecule has 2 N–H and O–H groups in total. The maximum atomic E-state index is 13.6. The van der Waals surface area contributed by atoms with Crippen molar-refractivity contribution in [1.29, 1.82) is 0 Å². The minimum atomic E-state index is -3.27. The summed E-state index contributed by atoms with van der Waals surface area (Å²) in [7, 11) is -1.88. The van der Waals surface area contributed by atoms with Crippen molar-refractivity contribution in [1.82, 2.24) is 0 Å². The van der Waals surface area contributed by atoms with Crippen molar-refractivity contribution in [3.05, 3.63) is 23.5 Å². The van der Waals surface area contributed by atoms with E-state index in [4.69, 9.17) is 19.5 Å². The number of methoxy groups -OCH3 is 1. The Balaban J connectivity index is 3.03. The van der Waals surface area contributed by atoms with E-state index in [0.29, 0.717) is 5.56 Å². The van der Waals surface area contributed by atoms with Gasteiger partial charge in [-0.25, -0.2) is 4.39 Å². The first-order valence-corrected chi connectivity index (χ1v) is 7.68. The van der Waals surface area contributed by atoms with E-state index < -0.39 is 13.4 Å². The summed E-state index contributed by atoms with van der Waals surface area (Å²) in [6.45, 7) is 3.95. The molecule has 0 aliphatic carbocycles. The molecule has 0 aliphatic heterocycles. The Morgan fingerprint density at radius 2 is 1.84 bits per heavy atom. The Morgan fingerprint density at radius 1 is 1.26 bits per heavy atom. The van der Waals surface area contributed by atoms with E-state index in [1.807, 2.05) is 0 Å². The maximum absolute atomic E-state index is 13.6. The molecule has 0 saturated carbocycles. The van der Waals surface area contributed by atoms with Gasteiger partial charge in [0, 0.05) is 0 Å². The third-order valence-electron chi connectivity index (χ3n) is 2.40. The van der Waals surface area contributed by atoms with Gasteiger partial charge in [-0.2, -0.15) is 0 Å². The highest BCUT2D eigenvalue weighted by Crippen LogP contribution is 2.51. The number of ether oxygens (including phenoxy) is 1. The number of anilines is 1. The molecule has 0 fully saturated rings. The molecular weight excluding hydrogens is 272 g/mol. The van der Waals surface area contributed by atoms with Crippen LogP contribution in [0.1, 0.15) is 19.4 Å².